The zero-order valence-electron chi connectivity index (χ0n) is 14.3. The van der Waals surface area contributed by atoms with Crippen molar-refractivity contribution in [1.82, 2.24) is 9.55 Å². The van der Waals surface area contributed by atoms with Crippen LogP contribution in [0.5, 0.6) is 5.75 Å². The van der Waals surface area contributed by atoms with Crippen LogP contribution >= 0.6 is 12.2 Å². The highest BCUT2D eigenvalue weighted by Crippen LogP contribution is 2.27. The van der Waals surface area contributed by atoms with E-state index in [1.54, 1.807) is 6.07 Å². The quantitative estimate of drug-likeness (QED) is 0.680. The molecule has 5 nitrogen and oxygen atoms in total. The summed E-state index contributed by atoms with van der Waals surface area (Å²) in [6, 6.07) is 10.1. The van der Waals surface area contributed by atoms with Crippen molar-refractivity contribution in [2.24, 2.45) is 0 Å². The Morgan fingerprint density at radius 2 is 2.00 bits per heavy atom. The van der Waals surface area contributed by atoms with Gasteiger partial charge in [0.2, 0.25) is 0 Å². The summed E-state index contributed by atoms with van der Waals surface area (Å²) in [4.78, 5) is 4.56. The normalized spacial score (nSPS) is 10.7. The SMILES string of the molecule is CCn1c(C)nc2cccc(NC(=S)Nc3cc(F)ccc3OC)c21. The molecule has 1 aromatic heterocycles. The van der Waals surface area contributed by atoms with Crippen LogP contribution in [0.1, 0.15) is 12.7 Å². The third kappa shape index (κ3) is 3.41. The molecule has 0 aliphatic rings. The van der Waals surface area contributed by atoms with Crippen molar-refractivity contribution in [2.75, 3.05) is 17.7 Å². The monoisotopic (exact) mass is 358 g/mol. The second-order valence-electron chi connectivity index (χ2n) is 5.50. The Bertz CT molecular complexity index is 938. The lowest BCUT2D eigenvalue weighted by Gasteiger charge is -2.15. The molecule has 3 aromatic rings. The van der Waals surface area contributed by atoms with Gasteiger partial charge in [-0.3, -0.25) is 0 Å². The van der Waals surface area contributed by atoms with Gasteiger partial charge in [0.1, 0.15) is 17.4 Å². The highest BCUT2D eigenvalue weighted by atomic mass is 32.1. The molecule has 0 fully saturated rings. The van der Waals surface area contributed by atoms with Crippen LogP contribution in [0.25, 0.3) is 11.0 Å². The lowest BCUT2D eigenvalue weighted by Crippen LogP contribution is -2.20. The predicted octanol–water partition coefficient (Wildman–Crippen LogP) is 4.32. The van der Waals surface area contributed by atoms with Gasteiger partial charge in [0.25, 0.3) is 0 Å². The van der Waals surface area contributed by atoms with Gasteiger partial charge in [0.15, 0.2) is 5.11 Å². The van der Waals surface area contributed by atoms with E-state index in [1.807, 2.05) is 25.1 Å². The summed E-state index contributed by atoms with van der Waals surface area (Å²) in [5, 5.41) is 6.50. The van der Waals surface area contributed by atoms with Crippen molar-refractivity contribution in [3.05, 3.63) is 48.0 Å². The van der Waals surface area contributed by atoms with E-state index in [2.05, 4.69) is 27.1 Å². The number of benzene rings is 2. The number of imidazole rings is 1. The fourth-order valence-electron chi connectivity index (χ4n) is 2.84. The fraction of sp³-hybridized carbons (Fsp3) is 0.222. The van der Waals surface area contributed by atoms with Gasteiger partial charge >= 0.3 is 0 Å². The molecule has 0 amide bonds. The summed E-state index contributed by atoms with van der Waals surface area (Å²) in [5.74, 6) is 1.09. The first-order valence-corrected chi connectivity index (χ1v) is 8.31. The molecule has 7 heteroatoms. The third-order valence-electron chi connectivity index (χ3n) is 3.93. The molecule has 0 saturated carbocycles. The number of rotatable bonds is 4. The number of hydrogen-bond acceptors (Lipinski definition) is 3. The molecular formula is C18H19FN4OS. The van der Waals surface area contributed by atoms with Crippen LogP contribution in [0.15, 0.2) is 36.4 Å². The molecule has 3 rings (SSSR count). The van der Waals surface area contributed by atoms with Crippen LogP contribution < -0.4 is 15.4 Å². The number of fused-ring (bicyclic) bond motifs is 1. The van der Waals surface area contributed by atoms with Crippen LogP contribution in [0.4, 0.5) is 15.8 Å². The molecule has 0 saturated heterocycles. The van der Waals surface area contributed by atoms with E-state index in [-0.39, 0.29) is 5.82 Å². The van der Waals surface area contributed by atoms with E-state index >= 15 is 0 Å². The van der Waals surface area contributed by atoms with E-state index in [0.717, 1.165) is 29.1 Å². The Hall–Kier alpha value is -2.67. The molecular weight excluding hydrogens is 339 g/mol. The molecule has 0 aliphatic heterocycles. The van der Waals surface area contributed by atoms with Crippen molar-refractivity contribution in [3.63, 3.8) is 0 Å². The van der Waals surface area contributed by atoms with Gasteiger partial charge < -0.3 is 19.9 Å². The lowest BCUT2D eigenvalue weighted by atomic mass is 10.2. The second-order valence-corrected chi connectivity index (χ2v) is 5.91. The Labute approximate surface area is 150 Å². The standard InChI is InChI=1S/C18H19FN4OS/c1-4-23-11(2)20-13-6-5-7-14(17(13)23)21-18(25)22-15-10-12(19)8-9-16(15)24-3/h5-10H,4H2,1-3H3,(H2,21,22,25). The van der Waals surface area contributed by atoms with Crippen molar-refractivity contribution in [3.8, 4) is 5.75 Å². The highest BCUT2D eigenvalue weighted by molar-refractivity contribution is 7.80. The number of nitrogens with zero attached hydrogens (tertiary/aromatic N) is 2. The topological polar surface area (TPSA) is 51.1 Å². The number of thiocarbonyl (C=S) groups is 1. The first-order chi connectivity index (χ1) is 12.0. The molecule has 0 aliphatic carbocycles. The van der Waals surface area contributed by atoms with E-state index in [4.69, 9.17) is 17.0 Å². The molecule has 1 heterocycles. The summed E-state index contributed by atoms with van der Waals surface area (Å²) >= 11 is 5.39. The van der Waals surface area contributed by atoms with Gasteiger partial charge in [-0.1, -0.05) is 6.07 Å². The molecule has 130 valence electrons. The minimum Gasteiger partial charge on any atom is -0.495 e. The van der Waals surface area contributed by atoms with Crippen LogP contribution in [-0.2, 0) is 6.54 Å². The van der Waals surface area contributed by atoms with E-state index < -0.39 is 0 Å². The van der Waals surface area contributed by atoms with Crippen molar-refractivity contribution in [2.45, 2.75) is 20.4 Å². The zero-order valence-corrected chi connectivity index (χ0v) is 15.1. The summed E-state index contributed by atoms with van der Waals surface area (Å²) in [6.07, 6.45) is 0. The number of halogens is 1. The smallest absolute Gasteiger partial charge is 0.175 e. The first kappa shape index (κ1) is 17.2. The average Bonchev–Trinajstić information content (AvgIpc) is 2.91. The number of methoxy groups -OCH3 is 1. The van der Waals surface area contributed by atoms with Crippen molar-refractivity contribution >= 4 is 39.7 Å². The van der Waals surface area contributed by atoms with Gasteiger partial charge in [-0.2, -0.15) is 0 Å². The van der Waals surface area contributed by atoms with Crippen molar-refractivity contribution < 1.29 is 9.13 Å². The van der Waals surface area contributed by atoms with E-state index in [0.29, 0.717) is 16.5 Å². The average molecular weight is 358 g/mol. The number of aryl methyl sites for hydroxylation is 2. The van der Waals surface area contributed by atoms with Crippen LogP contribution in [0, 0.1) is 12.7 Å². The minimum atomic E-state index is -0.368. The first-order valence-electron chi connectivity index (χ1n) is 7.91. The van der Waals surface area contributed by atoms with E-state index in [9.17, 15) is 4.39 Å². The van der Waals surface area contributed by atoms with Gasteiger partial charge in [-0.25, -0.2) is 9.37 Å². The predicted molar refractivity (Wildman–Crippen MR) is 103 cm³/mol. The minimum absolute atomic E-state index is 0.345. The zero-order chi connectivity index (χ0) is 18.0. The lowest BCUT2D eigenvalue weighted by molar-refractivity contribution is 0.416. The maximum atomic E-state index is 13.5. The summed E-state index contributed by atoms with van der Waals surface area (Å²) in [7, 11) is 1.53. The fourth-order valence-corrected chi connectivity index (χ4v) is 3.06. The Balaban J connectivity index is 1.89. The molecule has 0 spiro atoms. The number of nitrogens with one attached hydrogen (secondary N) is 2. The maximum Gasteiger partial charge on any atom is 0.175 e. The molecule has 0 atom stereocenters. The molecule has 2 aromatic carbocycles. The number of para-hydroxylation sites is 1. The Morgan fingerprint density at radius 1 is 1.24 bits per heavy atom. The number of hydrogen-bond donors (Lipinski definition) is 2. The Kier molecular flexibility index (Phi) is 4.85. The summed E-state index contributed by atoms with van der Waals surface area (Å²) in [6.45, 7) is 4.85. The molecule has 0 radical (unpaired) electrons. The van der Waals surface area contributed by atoms with Crippen LogP contribution in [0.3, 0.4) is 0 Å². The number of anilines is 2. The Morgan fingerprint density at radius 3 is 2.72 bits per heavy atom. The number of ether oxygens (including phenoxy) is 1. The van der Waals surface area contributed by atoms with Crippen LogP contribution in [-0.4, -0.2) is 21.8 Å². The van der Waals surface area contributed by atoms with E-state index in [1.165, 1.54) is 19.2 Å². The highest BCUT2D eigenvalue weighted by Gasteiger charge is 2.12. The van der Waals surface area contributed by atoms with Gasteiger partial charge in [-0.15, -0.1) is 0 Å². The third-order valence-corrected chi connectivity index (χ3v) is 4.14. The largest absolute Gasteiger partial charge is 0.495 e. The molecule has 25 heavy (non-hydrogen) atoms. The molecule has 2 N–H and O–H groups in total. The van der Waals surface area contributed by atoms with Gasteiger partial charge in [0.05, 0.1) is 29.5 Å². The summed E-state index contributed by atoms with van der Waals surface area (Å²) < 4.78 is 20.8. The van der Waals surface area contributed by atoms with Crippen LogP contribution in [0.2, 0.25) is 0 Å². The molecule has 0 bridgehead atoms. The molecule has 0 unspecified atom stereocenters. The van der Waals surface area contributed by atoms with Gasteiger partial charge in [0, 0.05) is 12.6 Å². The summed E-state index contributed by atoms with van der Waals surface area (Å²) in [5.41, 5.74) is 3.19. The van der Waals surface area contributed by atoms with Crippen molar-refractivity contribution in [1.29, 1.82) is 0 Å². The van der Waals surface area contributed by atoms with Gasteiger partial charge in [-0.05, 0) is 50.3 Å². The maximum absolute atomic E-state index is 13.5. The second kappa shape index (κ2) is 7.06. The number of aromatic nitrogens is 2.